The van der Waals surface area contributed by atoms with Crippen LogP contribution in [0.4, 0.5) is 0 Å². The number of benzene rings is 2. The number of aromatic hydroxyl groups is 1. The monoisotopic (exact) mass is 359 g/mol. The summed E-state index contributed by atoms with van der Waals surface area (Å²) < 4.78 is 15.5. The minimum Gasteiger partial charge on any atom is -0.508 e. The van der Waals surface area contributed by atoms with Crippen molar-refractivity contribution in [3.8, 4) is 17.2 Å². The maximum atomic E-state index is 12.1. The number of carbonyl (C=O) groups is 2. The Labute approximate surface area is 151 Å². The van der Waals surface area contributed by atoms with Gasteiger partial charge in [-0.25, -0.2) is 4.79 Å². The number of ether oxygens (including phenoxy) is 3. The summed E-state index contributed by atoms with van der Waals surface area (Å²) in [5, 5.41) is 12.1. The number of rotatable bonds is 7. The zero-order chi connectivity index (χ0) is 19.1. The van der Waals surface area contributed by atoms with Crippen LogP contribution < -0.4 is 14.8 Å². The van der Waals surface area contributed by atoms with Gasteiger partial charge in [0.2, 0.25) is 0 Å². The van der Waals surface area contributed by atoms with Gasteiger partial charge in [-0.3, -0.25) is 4.79 Å². The standard InChI is InChI=1S/C19H21NO6/c1-12(16-10-15(24-2)7-8-17(16)25-3)20-18(22)11-26-19(23)13-5-4-6-14(21)9-13/h4-10,12,21H,11H2,1-3H3,(H,20,22). The topological polar surface area (TPSA) is 94.1 Å². The number of phenols is 1. The van der Waals surface area contributed by atoms with Crippen LogP contribution in [0.15, 0.2) is 42.5 Å². The fourth-order valence-corrected chi connectivity index (χ4v) is 2.39. The molecule has 0 aromatic heterocycles. The second-order valence-electron chi connectivity index (χ2n) is 5.52. The molecule has 0 saturated carbocycles. The molecular formula is C19H21NO6. The van der Waals surface area contributed by atoms with Crippen LogP contribution in [-0.2, 0) is 9.53 Å². The highest BCUT2D eigenvalue weighted by atomic mass is 16.5. The van der Waals surface area contributed by atoms with Crippen molar-refractivity contribution in [2.75, 3.05) is 20.8 Å². The average Bonchev–Trinajstić information content (AvgIpc) is 2.65. The summed E-state index contributed by atoms with van der Waals surface area (Å²) in [5.41, 5.74) is 0.903. The van der Waals surface area contributed by atoms with Gasteiger partial charge in [-0.15, -0.1) is 0 Å². The molecule has 26 heavy (non-hydrogen) atoms. The first-order chi connectivity index (χ1) is 12.4. The van der Waals surface area contributed by atoms with Crippen LogP contribution in [0.5, 0.6) is 17.2 Å². The average molecular weight is 359 g/mol. The molecule has 0 bridgehead atoms. The first-order valence-corrected chi connectivity index (χ1v) is 7.92. The Bertz CT molecular complexity index is 789. The highest BCUT2D eigenvalue weighted by Gasteiger charge is 2.17. The fourth-order valence-electron chi connectivity index (χ4n) is 2.39. The van der Waals surface area contributed by atoms with Crippen molar-refractivity contribution in [2.45, 2.75) is 13.0 Å². The molecule has 2 rings (SSSR count). The van der Waals surface area contributed by atoms with Crippen molar-refractivity contribution >= 4 is 11.9 Å². The zero-order valence-corrected chi connectivity index (χ0v) is 14.8. The number of methoxy groups -OCH3 is 2. The van der Waals surface area contributed by atoms with Crippen LogP contribution in [0, 0.1) is 0 Å². The van der Waals surface area contributed by atoms with Crippen LogP contribution in [0.25, 0.3) is 0 Å². The number of hydrogen-bond acceptors (Lipinski definition) is 6. The minimum atomic E-state index is -0.692. The van der Waals surface area contributed by atoms with Gasteiger partial charge in [0, 0.05) is 5.56 Å². The second-order valence-corrected chi connectivity index (χ2v) is 5.52. The van der Waals surface area contributed by atoms with Crippen molar-refractivity contribution in [3.63, 3.8) is 0 Å². The molecular weight excluding hydrogens is 338 g/mol. The molecule has 2 aromatic carbocycles. The number of amides is 1. The Morgan fingerprint density at radius 3 is 2.54 bits per heavy atom. The van der Waals surface area contributed by atoms with Gasteiger partial charge in [0.25, 0.3) is 5.91 Å². The predicted molar refractivity (Wildman–Crippen MR) is 94.5 cm³/mol. The molecule has 0 aliphatic carbocycles. The zero-order valence-electron chi connectivity index (χ0n) is 14.8. The second kappa shape index (κ2) is 8.75. The summed E-state index contributed by atoms with van der Waals surface area (Å²) in [5.74, 6) is 0.0359. The van der Waals surface area contributed by atoms with Gasteiger partial charge in [-0.05, 0) is 43.3 Å². The molecule has 0 fully saturated rings. The third-order valence-corrected chi connectivity index (χ3v) is 3.70. The SMILES string of the molecule is COc1ccc(OC)c(C(C)NC(=O)COC(=O)c2cccc(O)c2)c1. The van der Waals surface area contributed by atoms with E-state index >= 15 is 0 Å². The molecule has 0 spiro atoms. The summed E-state index contributed by atoms with van der Waals surface area (Å²) in [6.45, 7) is 1.34. The molecule has 0 heterocycles. The third kappa shape index (κ3) is 4.89. The lowest BCUT2D eigenvalue weighted by molar-refractivity contribution is -0.124. The smallest absolute Gasteiger partial charge is 0.338 e. The van der Waals surface area contributed by atoms with E-state index in [-0.39, 0.29) is 17.4 Å². The normalized spacial score (nSPS) is 11.3. The molecule has 1 atom stereocenters. The molecule has 1 unspecified atom stereocenters. The number of esters is 1. The van der Waals surface area contributed by atoms with E-state index in [2.05, 4.69) is 5.32 Å². The van der Waals surface area contributed by atoms with Crippen LogP contribution in [-0.4, -0.2) is 37.8 Å². The van der Waals surface area contributed by atoms with Crippen LogP contribution in [0.2, 0.25) is 0 Å². The van der Waals surface area contributed by atoms with E-state index in [9.17, 15) is 14.7 Å². The summed E-state index contributed by atoms with van der Waals surface area (Å²) in [7, 11) is 3.09. The lowest BCUT2D eigenvalue weighted by Gasteiger charge is -2.18. The fraction of sp³-hybridized carbons (Fsp3) is 0.263. The van der Waals surface area contributed by atoms with E-state index in [4.69, 9.17) is 14.2 Å². The van der Waals surface area contributed by atoms with Gasteiger partial charge >= 0.3 is 5.97 Å². The molecule has 2 N–H and O–H groups in total. The summed E-state index contributed by atoms with van der Waals surface area (Å²) in [4.78, 5) is 24.0. The molecule has 0 aliphatic rings. The molecule has 0 radical (unpaired) electrons. The highest BCUT2D eigenvalue weighted by Crippen LogP contribution is 2.29. The number of nitrogens with one attached hydrogen (secondary N) is 1. The van der Waals surface area contributed by atoms with Gasteiger partial charge in [-0.2, -0.15) is 0 Å². The molecule has 0 aliphatic heterocycles. The number of hydrogen-bond donors (Lipinski definition) is 2. The summed E-state index contributed by atoms with van der Waals surface area (Å²) in [6.07, 6.45) is 0. The largest absolute Gasteiger partial charge is 0.508 e. The van der Waals surface area contributed by atoms with Crippen molar-refractivity contribution in [1.29, 1.82) is 0 Å². The van der Waals surface area contributed by atoms with Gasteiger partial charge in [-0.1, -0.05) is 6.07 Å². The Kier molecular flexibility index (Phi) is 6.43. The lowest BCUT2D eigenvalue weighted by atomic mass is 10.1. The molecule has 2 aromatic rings. The van der Waals surface area contributed by atoms with Crippen molar-refractivity contribution in [1.82, 2.24) is 5.32 Å². The Hall–Kier alpha value is -3.22. The quantitative estimate of drug-likeness (QED) is 0.738. The molecule has 7 heteroatoms. The Morgan fingerprint density at radius 1 is 1.12 bits per heavy atom. The van der Waals surface area contributed by atoms with E-state index in [1.54, 1.807) is 32.2 Å². The number of carbonyl (C=O) groups excluding carboxylic acids is 2. The van der Waals surface area contributed by atoms with E-state index in [1.807, 2.05) is 0 Å². The van der Waals surface area contributed by atoms with Crippen LogP contribution in [0.3, 0.4) is 0 Å². The first kappa shape index (κ1) is 19.1. The number of phenolic OH excluding ortho intramolecular Hbond substituents is 1. The summed E-state index contributed by atoms with van der Waals surface area (Å²) >= 11 is 0. The van der Waals surface area contributed by atoms with E-state index in [0.717, 1.165) is 5.56 Å². The molecule has 7 nitrogen and oxygen atoms in total. The van der Waals surface area contributed by atoms with Crippen LogP contribution in [0.1, 0.15) is 28.9 Å². The van der Waals surface area contributed by atoms with E-state index < -0.39 is 18.5 Å². The molecule has 0 saturated heterocycles. The van der Waals surface area contributed by atoms with Crippen molar-refractivity contribution < 1.29 is 28.9 Å². The van der Waals surface area contributed by atoms with Gasteiger partial charge in [0.1, 0.15) is 17.2 Å². The van der Waals surface area contributed by atoms with Crippen molar-refractivity contribution in [3.05, 3.63) is 53.6 Å². The minimum absolute atomic E-state index is 0.0531. The van der Waals surface area contributed by atoms with Gasteiger partial charge < -0.3 is 24.6 Å². The van der Waals surface area contributed by atoms with E-state index in [0.29, 0.717) is 11.5 Å². The maximum absolute atomic E-state index is 12.1. The first-order valence-electron chi connectivity index (χ1n) is 7.92. The predicted octanol–water partition coefficient (Wildman–Crippen LogP) is 2.44. The molecule has 1 amide bonds. The van der Waals surface area contributed by atoms with Crippen LogP contribution >= 0.6 is 0 Å². The lowest BCUT2D eigenvalue weighted by Crippen LogP contribution is -2.31. The highest BCUT2D eigenvalue weighted by molar-refractivity contribution is 5.91. The van der Waals surface area contributed by atoms with Gasteiger partial charge in [0.05, 0.1) is 25.8 Å². The Balaban J connectivity index is 1.96. The van der Waals surface area contributed by atoms with E-state index in [1.165, 1.54) is 31.4 Å². The Morgan fingerprint density at radius 2 is 1.88 bits per heavy atom. The van der Waals surface area contributed by atoms with Crippen molar-refractivity contribution in [2.24, 2.45) is 0 Å². The third-order valence-electron chi connectivity index (χ3n) is 3.70. The molecule has 138 valence electrons. The van der Waals surface area contributed by atoms with Gasteiger partial charge in [0.15, 0.2) is 6.61 Å². The summed E-state index contributed by atoms with van der Waals surface area (Å²) in [6, 6.07) is 10.6. The maximum Gasteiger partial charge on any atom is 0.338 e.